The average Bonchev–Trinajstić information content (AvgIpc) is 3.24. The van der Waals surface area contributed by atoms with Gasteiger partial charge in [-0.2, -0.15) is 13.2 Å². The number of para-hydroxylation sites is 1. The average molecular weight is 298 g/mol. The highest BCUT2D eigenvalue weighted by molar-refractivity contribution is 6.06. The SMILES string of the molecule is O=C(NCC(F)(F)F)c1ccccc1NC(=O)C12CC1C2. The molecule has 2 aliphatic rings. The topological polar surface area (TPSA) is 58.2 Å². The lowest BCUT2D eigenvalue weighted by atomic mass is 10.1. The number of hydrogen-bond acceptors (Lipinski definition) is 2. The van der Waals surface area contributed by atoms with E-state index in [2.05, 4.69) is 5.32 Å². The largest absolute Gasteiger partial charge is 0.405 e. The Balaban J connectivity index is 1.69. The number of benzene rings is 1. The number of anilines is 1. The van der Waals surface area contributed by atoms with Crippen LogP contribution in [0.4, 0.5) is 18.9 Å². The van der Waals surface area contributed by atoms with Crippen molar-refractivity contribution in [2.45, 2.75) is 19.0 Å². The first-order valence-corrected chi connectivity index (χ1v) is 6.57. The lowest BCUT2D eigenvalue weighted by molar-refractivity contribution is -0.123. The van der Waals surface area contributed by atoms with Crippen LogP contribution in [0.25, 0.3) is 0 Å². The monoisotopic (exact) mass is 298 g/mol. The highest BCUT2D eigenvalue weighted by atomic mass is 19.4. The van der Waals surface area contributed by atoms with Crippen LogP contribution >= 0.6 is 0 Å². The van der Waals surface area contributed by atoms with Crippen molar-refractivity contribution in [2.75, 3.05) is 11.9 Å². The van der Waals surface area contributed by atoms with Crippen molar-refractivity contribution < 1.29 is 22.8 Å². The van der Waals surface area contributed by atoms with E-state index in [9.17, 15) is 22.8 Å². The normalized spacial score (nSPS) is 25.8. The zero-order chi connectivity index (χ0) is 15.3. The lowest BCUT2D eigenvalue weighted by Crippen LogP contribution is -2.34. The Bertz CT molecular complexity index is 606. The molecule has 0 aliphatic heterocycles. The number of alkyl halides is 3. The van der Waals surface area contributed by atoms with Crippen molar-refractivity contribution >= 4 is 17.5 Å². The Labute approximate surface area is 118 Å². The zero-order valence-electron chi connectivity index (χ0n) is 11.0. The molecule has 0 bridgehead atoms. The van der Waals surface area contributed by atoms with Crippen molar-refractivity contribution in [2.24, 2.45) is 11.3 Å². The molecule has 1 aromatic rings. The molecule has 2 saturated carbocycles. The summed E-state index contributed by atoms with van der Waals surface area (Å²) >= 11 is 0. The molecule has 0 radical (unpaired) electrons. The van der Waals surface area contributed by atoms with E-state index >= 15 is 0 Å². The number of nitrogens with one attached hydrogen (secondary N) is 2. The van der Waals surface area contributed by atoms with E-state index in [0.29, 0.717) is 5.92 Å². The fourth-order valence-electron chi connectivity index (χ4n) is 2.39. The van der Waals surface area contributed by atoms with Gasteiger partial charge in [-0.3, -0.25) is 9.59 Å². The maximum atomic E-state index is 12.1. The highest BCUT2D eigenvalue weighted by Gasteiger charge is 2.74. The molecule has 112 valence electrons. The number of fused-ring (bicyclic) bond motifs is 1. The molecule has 0 atom stereocenters. The predicted octanol–water partition coefficient (Wildman–Crippen LogP) is 2.33. The van der Waals surface area contributed by atoms with Crippen molar-refractivity contribution in [1.29, 1.82) is 0 Å². The number of halogens is 3. The van der Waals surface area contributed by atoms with Crippen LogP contribution in [0.15, 0.2) is 24.3 Å². The standard InChI is InChI=1S/C14H13F3N2O2/c15-14(16,17)7-18-11(20)9-3-1-2-4-10(9)19-12(21)13-5-8(13)6-13/h1-4,8H,5-7H2,(H,18,20)(H,19,21). The number of amides is 2. The molecule has 2 amide bonds. The van der Waals surface area contributed by atoms with Crippen LogP contribution in [-0.2, 0) is 4.79 Å². The van der Waals surface area contributed by atoms with Gasteiger partial charge in [0.2, 0.25) is 5.91 Å². The zero-order valence-corrected chi connectivity index (χ0v) is 11.0. The number of carbonyl (C=O) groups excluding carboxylic acids is 2. The van der Waals surface area contributed by atoms with Crippen LogP contribution in [-0.4, -0.2) is 24.5 Å². The van der Waals surface area contributed by atoms with E-state index in [0.717, 1.165) is 12.8 Å². The van der Waals surface area contributed by atoms with Crippen molar-refractivity contribution in [1.82, 2.24) is 5.32 Å². The summed E-state index contributed by atoms with van der Waals surface area (Å²) < 4.78 is 36.4. The summed E-state index contributed by atoms with van der Waals surface area (Å²) in [6.07, 6.45) is -2.75. The first-order chi connectivity index (χ1) is 9.82. The third-order valence-electron chi connectivity index (χ3n) is 4.00. The summed E-state index contributed by atoms with van der Waals surface area (Å²) in [6.45, 7) is -1.40. The van der Waals surface area contributed by atoms with E-state index in [-0.39, 0.29) is 22.6 Å². The maximum Gasteiger partial charge on any atom is 0.405 e. The molecule has 0 aromatic heterocycles. The second-order valence-electron chi connectivity index (χ2n) is 5.56. The van der Waals surface area contributed by atoms with Crippen molar-refractivity contribution in [3.63, 3.8) is 0 Å². The van der Waals surface area contributed by atoms with Gasteiger partial charge >= 0.3 is 6.18 Å². The van der Waals surface area contributed by atoms with Crippen LogP contribution in [0, 0.1) is 11.3 Å². The van der Waals surface area contributed by atoms with Gasteiger partial charge in [0.15, 0.2) is 0 Å². The number of carbonyl (C=O) groups is 2. The summed E-state index contributed by atoms with van der Waals surface area (Å²) in [4.78, 5) is 23.8. The molecule has 21 heavy (non-hydrogen) atoms. The molecule has 2 aliphatic carbocycles. The summed E-state index contributed by atoms with van der Waals surface area (Å²) in [5, 5.41) is 4.45. The molecule has 1 aromatic carbocycles. The molecular weight excluding hydrogens is 285 g/mol. The van der Waals surface area contributed by atoms with Gasteiger partial charge < -0.3 is 10.6 Å². The molecule has 2 fully saturated rings. The molecule has 0 saturated heterocycles. The molecule has 0 unspecified atom stereocenters. The minimum Gasteiger partial charge on any atom is -0.343 e. The molecular formula is C14H13F3N2O2. The fourth-order valence-corrected chi connectivity index (χ4v) is 2.39. The minimum absolute atomic E-state index is 0.0318. The summed E-state index contributed by atoms with van der Waals surface area (Å²) in [7, 11) is 0. The molecule has 0 spiro atoms. The minimum atomic E-state index is -4.47. The third kappa shape index (κ3) is 2.72. The molecule has 7 heteroatoms. The Morgan fingerprint density at radius 2 is 1.86 bits per heavy atom. The second-order valence-corrected chi connectivity index (χ2v) is 5.56. The Kier molecular flexibility index (Phi) is 2.96. The maximum absolute atomic E-state index is 12.1. The van der Waals surface area contributed by atoms with Gasteiger partial charge in [0, 0.05) is 0 Å². The summed E-state index contributed by atoms with van der Waals surface area (Å²) in [6, 6.07) is 6.05. The van der Waals surface area contributed by atoms with Crippen LogP contribution < -0.4 is 10.6 Å². The Morgan fingerprint density at radius 3 is 2.43 bits per heavy atom. The lowest BCUT2D eigenvalue weighted by Gasteiger charge is -2.13. The van der Waals surface area contributed by atoms with Crippen LogP contribution in [0.2, 0.25) is 0 Å². The predicted molar refractivity (Wildman–Crippen MR) is 68.6 cm³/mol. The highest BCUT2D eigenvalue weighted by Crippen LogP contribution is 2.75. The van der Waals surface area contributed by atoms with E-state index in [1.807, 2.05) is 0 Å². The van der Waals surface area contributed by atoms with Crippen molar-refractivity contribution in [3.05, 3.63) is 29.8 Å². The second kappa shape index (κ2) is 4.47. The molecule has 0 heterocycles. The fraction of sp³-hybridized carbons (Fsp3) is 0.429. The van der Waals surface area contributed by atoms with Crippen molar-refractivity contribution in [3.8, 4) is 0 Å². The van der Waals surface area contributed by atoms with Gasteiger partial charge in [0.25, 0.3) is 5.91 Å². The van der Waals surface area contributed by atoms with E-state index in [1.54, 1.807) is 11.4 Å². The first kappa shape index (κ1) is 13.9. The van der Waals surface area contributed by atoms with Gasteiger partial charge in [-0.1, -0.05) is 12.1 Å². The van der Waals surface area contributed by atoms with E-state index in [1.165, 1.54) is 18.2 Å². The van der Waals surface area contributed by atoms with Gasteiger partial charge in [-0.05, 0) is 30.9 Å². The summed E-state index contributed by atoms with van der Waals surface area (Å²) in [5.41, 5.74) is 0.00805. The number of rotatable bonds is 4. The van der Waals surface area contributed by atoms with E-state index in [4.69, 9.17) is 0 Å². The van der Waals surface area contributed by atoms with Crippen LogP contribution in [0.3, 0.4) is 0 Å². The van der Waals surface area contributed by atoms with Gasteiger partial charge in [-0.25, -0.2) is 0 Å². The van der Waals surface area contributed by atoms with Crippen LogP contribution in [0.1, 0.15) is 23.2 Å². The van der Waals surface area contributed by atoms with Crippen LogP contribution in [0.5, 0.6) is 0 Å². The van der Waals surface area contributed by atoms with E-state index < -0.39 is 18.6 Å². The Morgan fingerprint density at radius 1 is 1.24 bits per heavy atom. The van der Waals surface area contributed by atoms with Gasteiger partial charge in [-0.15, -0.1) is 0 Å². The molecule has 4 nitrogen and oxygen atoms in total. The van der Waals surface area contributed by atoms with Gasteiger partial charge in [0.1, 0.15) is 6.54 Å². The molecule has 2 N–H and O–H groups in total. The van der Waals surface area contributed by atoms with Gasteiger partial charge in [0.05, 0.1) is 16.7 Å². The molecule has 3 rings (SSSR count). The summed E-state index contributed by atoms with van der Waals surface area (Å²) in [5.74, 6) is -0.559. The third-order valence-corrected chi connectivity index (χ3v) is 4.00. The Hall–Kier alpha value is -2.05. The smallest absolute Gasteiger partial charge is 0.343 e. The quantitative estimate of drug-likeness (QED) is 0.896. The first-order valence-electron chi connectivity index (χ1n) is 6.57. The number of hydrogen-bond donors (Lipinski definition) is 2.